The van der Waals surface area contributed by atoms with Gasteiger partial charge in [0, 0.05) is 58.9 Å². The first-order valence-corrected chi connectivity index (χ1v) is 13.6. The molecule has 4 heterocycles. The molecule has 45 heavy (non-hydrogen) atoms. The van der Waals surface area contributed by atoms with Gasteiger partial charge in [0.05, 0.1) is 25.0 Å². The number of amides is 2. The van der Waals surface area contributed by atoms with Crippen molar-refractivity contribution in [3.05, 3.63) is 53.1 Å². The van der Waals surface area contributed by atoms with Crippen molar-refractivity contribution in [3.8, 4) is 0 Å². The number of nitrogens with zero attached hydrogens (tertiary/aromatic N) is 7. The maximum Gasteiger partial charge on any atom is 0.310 e. The molecule has 2 saturated heterocycles. The number of carbonyl (C=O) groups is 4. The summed E-state index contributed by atoms with van der Waals surface area (Å²) in [5.74, 6) is -0.586. The van der Waals surface area contributed by atoms with Crippen molar-refractivity contribution >= 4 is 70.4 Å². The smallest absolute Gasteiger partial charge is 0.310 e. The molecule has 1 aromatic rings. The minimum Gasteiger partial charge on any atom is -0.394 e. The predicted octanol–water partition coefficient (Wildman–Crippen LogP) is 3.87. The Balaban J connectivity index is -0.000000470. The zero-order valence-corrected chi connectivity index (χ0v) is 28.7. The lowest BCUT2D eigenvalue weighted by Gasteiger charge is -2.11. The number of likely N-dealkylation sites (N-methyl/N-ethyl adjacent to an activating group) is 1. The predicted molar refractivity (Wildman–Crippen MR) is 171 cm³/mol. The number of hydrogen-bond acceptors (Lipinski definition) is 14. The molecular weight excluding hydrogens is 653 g/mol. The summed E-state index contributed by atoms with van der Waals surface area (Å²) >= 11 is 14.9. The molecule has 0 aliphatic carbocycles. The normalized spacial score (nSPS) is 14.6. The first-order chi connectivity index (χ1) is 21.0. The second kappa shape index (κ2) is 27.5. The number of aromatic nitrogens is 3. The standard InChI is InChI=1S/C6H9NO2.C6H7NO.C4H3Cl2N3.C4H6O3.C3H6O.C2H3NO.C2H3NS/c1-5-3-4-6(8)7(5)9-2;1-5-3-4-6(8)7(5)2;1-2-7-3(5)9-4(6)8-2;1-3(5)7-4(2)6;1-3-2-4-3;2*1-3-2-4/h1,3-4H2,2H3;3-4H,1H2,2H3;1H3;1-2H3;3H,2H2,1H3;2*1H3. The molecule has 2 fully saturated rings. The Bertz CT molecular complexity index is 1170. The molecule has 0 radical (unpaired) electrons. The minimum absolute atomic E-state index is 0.00231. The van der Waals surface area contributed by atoms with Gasteiger partial charge in [-0.15, -0.1) is 0 Å². The average Bonchev–Trinajstić information content (AvgIpc) is 3.61. The summed E-state index contributed by atoms with van der Waals surface area (Å²) < 4.78 is 8.68. The first-order valence-electron chi connectivity index (χ1n) is 12.5. The average molecular weight is 691 g/mol. The van der Waals surface area contributed by atoms with Crippen molar-refractivity contribution in [2.75, 3.05) is 34.9 Å². The highest BCUT2D eigenvalue weighted by Gasteiger charge is 2.23. The number of carbonyl (C=O) groups excluding carboxylic acids is 5. The Labute approximate surface area is 277 Å². The van der Waals surface area contributed by atoms with Crippen LogP contribution in [0.25, 0.3) is 0 Å². The molecule has 0 bridgehead atoms. The SMILES string of the molecule is C=C1C=CC(=O)N1C.C=C1CCC(=O)N1OC.CC(=O)OC(C)=O.CC1CO1.CN=C=O.CN=C=S.Cc1nc(Cl)nc(Cl)n1. The van der Waals surface area contributed by atoms with E-state index in [4.69, 9.17) is 37.6 Å². The van der Waals surface area contributed by atoms with Gasteiger partial charge in [-0.2, -0.15) is 10.0 Å². The topological polar surface area (TPSA) is 186 Å². The highest BCUT2D eigenvalue weighted by Crippen LogP contribution is 2.19. The monoisotopic (exact) mass is 689 g/mol. The summed E-state index contributed by atoms with van der Waals surface area (Å²) in [4.78, 5) is 73.2. The van der Waals surface area contributed by atoms with Crippen LogP contribution in [0.5, 0.6) is 0 Å². The number of esters is 2. The van der Waals surface area contributed by atoms with Gasteiger partial charge < -0.3 is 14.4 Å². The van der Waals surface area contributed by atoms with E-state index in [0.29, 0.717) is 18.3 Å². The second-order valence-corrected chi connectivity index (χ2v) is 8.80. The maximum atomic E-state index is 10.8. The Morgan fingerprint density at radius 1 is 1.07 bits per heavy atom. The van der Waals surface area contributed by atoms with Gasteiger partial charge in [-0.1, -0.05) is 13.2 Å². The number of rotatable bonds is 1. The number of hydrogen-bond donors (Lipinski definition) is 0. The quantitative estimate of drug-likeness (QED) is 0.104. The lowest BCUT2D eigenvalue weighted by atomic mass is 10.3. The van der Waals surface area contributed by atoms with E-state index in [1.807, 2.05) is 0 Å². The zero-order valence-electron chi connectivity index (χ0n) is 26.3. The summed E-state index contributed by atoms with van der Waals surface area (Å²) in [6.07, 6.45) is 6.35. The summed E-state index contributed by atoms with van der Waals surface area (Å²) in [6.45, 7) is 14.3. The number of allylic oxidation sites excluding steroid dienone is 2. The third-order valence-corrected chi connectivity index (χ3v) is 4.69. The molecule has 3 aliphatic heterocycles. The first kappa shape index (κ1) is 45.4. The molecule has 18 heteroatoms. The molecule has 0 N–H and O–H groups in total. The zero-order chi connectivity index (χ0) is 35.5. The lowest BCUT2D eigenvalue weighted by Crippen LogP contribution is -2.20. The fraction of sp³-hybridized carbons (Fsp3) is 0.444. The number of aryl methyl sites for hydroxylation is 1. The molecule has 2 amide bonds. The molecule has 1 unspecified atom stereocenters. The molecule has 1 aromatic heterocycles. The molecule has 0 aromatic carbocycles. The van der Waals surface area contributed by atoms with Gasteiger partial charge in [0.2, 0.25) is 16.6 Å². The molecule has 4 rings (SSSR count). The van der Waals surface area contributed by atoms with Gasteiger partial charge in [0.15, 0.2) is 0 Å². The Hall–Kier alpha value is -4.01. The van der Waals surface area contributed by atoms with Gasteiger partial charge in [0.1, 0.15) is 5.82 Å². The molecule has 248 valence electrons. The third kappa shape index (κ3) is 28.5. The maximum absolute atomic E-state index is 10.8. The highest BCUT2D eigenvalue weighted by molar-refractivity contribution is 7.78. The van der Waals surface area contributed by atoms with Gasteiger partial charge >= 0.3 is 11.9 Å². The number of halogens is 2. The van der Waals surface area contributed by atoms with Crippen LogP contribution in [-0.2, 0) is 38.3 Å². The van der Waals surface area contributed by atoms with Gasteiger partial charge in [-0.25, -0.2) is 24.7 Å². The van der Waals surface area contributed by atoms with Crippen LogP contribution in [0.15, 0.2) is 46.7 Å². The van der Waals surface area contributed by atoms with E-state index in [1.54, 1.807) is 27.1 Å². The molecule has 15 nitrogen and oxygen atoms in total. The second-order valence-electron chi connectivity index (χ2n) is 7.94. The minimum atomic E-state index is -0.562. The van der Waals surface area contributed by atoms with Crippen LogP contribution in [0.4, 0.5) is 0 Å². The van der Waals surface area contributed by atoms with Crippen LogP contribution in [0, 0.1) is 6.92 Å². The molecule has 1 atom stereocenters. The summed E-state index contributed by atoms with van der Waals surface area (Å²) in [5.41, 5.74) is 1.51. The van der Waals surface area contributed by atoms with Crippen molar-refractivity contribution < 1.29 is 38.3 Å². The van der Waals surface area contributed by atoms with Crippen molar-refractivity contribution in [2.24, 2.45) is 9.98 Å². The fourth-order valence-electron chi connectivity index (χ4n) is 2.11. The van der Waals surface area contributed by atoms with Crippen molar-refractivity contribution in [1.82, 2.24) is 24.9 Å². The number of hydroxylamine groups is 2. The van der Waals surface area contributed by atoms with E-state index >= 15 is 0 Å². The third-order valence-electron chi connectivity index (χ3n) is 4.17. The molecular formula is C27H37Cl2N7O8S. The number of isothiocyanates is 1. The van der Waals surface area contributed by atoms with Gasteiger partial charge in [-0.05, 0) is 61.8 Å². The van der Waals surface area contributed by atoms with Crippen LogP contribution < -0.4 is 0 Å². The van der Waals surface area contributed by atoms with Crippen LogP contribution >= 0.6 is 35.4 Å². The summed E-state index contributed by atoms with van der Waals surface area (Å²) in [7, 11) is 6.14. The Kier molecular flexibility index (Phi) is 27.8. The van der Waals surface area contributed by atoms with Crippen LogP contribution in [0.2, 0.25) is 10.6 Å². The van der Waals surface area contributed by atoms with E-state index in [1.165, 1.54) is 50.1 Å². The van der Waals surface area contributed by atoms with Crippen LogP contribution in [0.3, 0.4) is 0 Å². The van der Waals surface area contributed by atoms with E-state index in [9.17, 15) is 19.2 Å². The number of thiocarbonyl (C=S) groups is 1. The van der Waals surface area contributed by atoms with E-state index in [2.05, 4.69) is 67.1 Å². The lowest BCUT2D eigenvalue weighted by molar-refractivity contribution is -0.159. The number of aliphatic imine (C=N–C) groups is 2. The molecule has 0 saturated carbocycles. The summed E-state index contributed by atoms with van der Waals surface area (Å²) in [6, 6.07) is 0. The van der Waals surface area contributed by atoms with E-state index in [-0.39, 0.29) is 22.4 Å². The van der Waals surface area contributed by atoms with Crippen LogP contribution in [0.1, 0.15) is 39.4 Å². The Morgan fingerprint density at radius 3 is 1.64 bits per heavy atom. The van der Waals surface area contributed by atoms with Crippen molar-refractivity contribution in [2.45, 2.75) is 46.6 Å². The van der Waals surface area contributed by atoms with Crippen molar-refractivity contribution in [3.63, 3.8) is 0 Å². The molecule has 3 aliphatic rings. The number of ether oxygens (including phenoxy) is 2. The van der Waals surface area contributed by atoms with Gasteiger partial charge in [-0.3, -0.25) is 24.0 Å². The fourth-order valence-corrected chi connectivity index (χ4v) is 2.56. The Morgan fingerprint density at radius 2 is 1.51 bits per heavy atom. The largest absolute Gasteiger partial charge is 0.394 e. The number of epoxide rings is 1. The van der Waals surface area contributed by atoms with Gasteiger partial charge in [0.25, 0.3) is 11.8 Å². The summed E-state index contributed by atoms with van der Waals surface area (Å²) in [5, 5.41) is 3.64. The van der Waals surface area contributed by atoms with Crippen molar-refractivity contribution in [1.29, 1.82) is 0 Å². The highest BCUT2D eigenvalue weighted by atomic mass is 35.5. The molecule has 0 spiro atoms. The van der Waals surface area contributed by atoms with E-state index in [0.717, 1.165) is 24.4 Å². The van der Waals surface area contributed by atoms with E-state index < -0.39 is 11.9 Å². The van der Waals surface area contributed by atoms with Crippen LogP contribution in [-0.4, -0.2) is 101 Å². The number of isocyanates is 1.